The second-order valence-corrected chi connectivity index (χ2v) is 5.91. The maximum Gasteiger partial charge on any atom is 0.135 e. The number of rotatable bonds is 3. The minimum absolute atomic E-state index is 0.491. The Hall–Kier alpha value is -1.55. The number of ether oxygens (including phenoxy) is 1. The summed E-state index contributed by atoms with van der Waals surface area (Å²) in [6, 6.07) is 17.4. The molecular formula is C17H13BrClNO. The summed E-state index contributed by atoms with van der Waals surface area (Å²) in [5, 5.41) is 2.69. The largest absolute Gasteiger partial charge is 0.457 e. The van der Waals surface area contributed by atoms with Crippen molar-refractivity contribution in [3.63, 3.8) is 0 Å². The summed E-state index contributed by atoms with van der Waals surface area (Å²) in [7, 11) is 0. The molecule has 0 atom stereocenters. The SMILES string of the molecule is NCc1ccc(Oc2ccc(Cl)c3ccccc23)cc1Br. The third kappa shape index (κ3) is 2.91. The van der Waals surface area contributed by atoms with Crippen LogP contribution in [0.1, 0.15) is 5.56 Å². The molecule has 0 fully saturated rings. The fourth-order valence-corrected chi connectivity index (χ4v) is 2.96. The molecule has 0 aliphatic carbocycles. The molecule has 0 radical (unpaired) electrons. The molecule has 3 aromatic rings. The summed E-state index contributed by atoms with van der Waals surface area (Å²) in [4.78, 5) is 0. The van der Waals surface area contributed by atoms with Gasteiger partial charge in [0.2, 0.25) is 0 Å². The van der Waals surface area contributed by atoms with Gasteiger partial charge in [-0.1, -0.05) is 57.9 Å². The molecule has 0 aromatic heterocycles. The fraction of sp³-hybridized carbons (Fsp3) is 0.0588. The van der Waals surface area contributed by atoms with E-state index in [1.54, 1.807) is 0 Å². The van der Waals surface area contributed by atoms with Gasteiger partial charge in [0.25, 0.3) is 0 Å². The van der Waals surface area contributed by atoms with E-state index >= 15 is 0 Å². The first-order chi connectivity index (χ1) is 10.2. The zero-order valence-electron chi connectivity index (χ0n) is 11.1. The molecule has 21 heavy (non-hydrogen) atoms. The van der Waals surface area contributed by atoms with Gasteiger partial charge in [0.1, 0.15) is 11.5 Å². The average molecular weight is 363 g/mol. The van der Waals surface area contributed by atoms with E-state index in [2.05, 4.69) is 15.9 Å². The lowest BCUT2D eigenvalue weighted by Crippen LogP contribution is -1.97. The highest BCUT2D eigenvalue weighted by atomic mass is 79.9. The van der Waals surface area contributed by atoms with E-state index in [1.807, 2.05) is 54.6 Å². The van der Waals surface area contributed by atoms with Crippen molar-refractivity contribution in [2.45, 2.75) is 6.54 Å². The summed E-state index contributed by atoms with van der Waals surface area (Å²) < 4.78 is 6.94. The summed E-state index contributed by atoms with van der Waals surface area (Å²) in [6.07, 6.45) is 0. The Bertz CT molecular complexity index is 804. The minimum atomic E-state index is 0.491. The van der Waals surface area contributed by atoms with Gasteiger partial charge < -0.3 is 10.5 Å². The lowest BCUT2D eigenvalue weighted by atomic mass is 10.1. The van der Waals surface area contributed by atoms with E-state index in [1.165, 1.54) is 0 Å². The normalized spacial score (nSPS) is 10.8. The van der Waals surface area contributed by atoms with E-state index in [0.29, 0.717) is 6.54 Å². The first kappa shape index (κ1) is 14.4. The van der Waals surface area contributed by atoms with Gasteiger partial charge >= 0.3 is 0 Å². The van der Waals surface area contributed by atoms with Crippen LogP contribution in [0.3, 0.4) is 0 Å². The molecule has 106 valence electrons. The fourth-order valence-electron chi connectivity index (χ4n) is 2.21. The molecule has 0 amide bonds. The van der Waals surface area contributed by atoms with Crippen LogP contribution in [0.4, 0.5) is 0 Å². The van der Waals surface area contributed by atoms with Crippen molar-refractivity contribution in [2.24, 2.45) is 5.73 Å². The molecule has 0 spiro atoms. The van der Waals surface area contributed by atoms with E-state index in [9.17, 15) is 0 Å². The Morgan fingerprint density at radius 1 is 1.00 bits per heavy atom. The van der Waals surface area contributed by atoms with Crippen molar-refractivity contribution >= 4 is 38.3 Å². The van der Waals surface area contributed by atoms with Crippen molar-refractivity contribution in [2.75, 3.05) is 0 Å². The van der Waals surface area contributed by atoms with Crippen molar-refractivity contribution in [1.29, 1.82) is 0 Å². The molecular weight excluding hydrogens is 350 g/mol. The standard InChI is InChI=1S/C17H13BrClNO/c18-15-9-12(6-5-11(15)10-20)21-17-8-7-16(19)13-3-1-2-4-14(13)17/h1-9H,10,20H2. The Balaban J connectivity index is 2.02. The van der Waals surface area contributed by atoms with Crippen LogP contribution in [0, 0.1) is 0 Å². The molecule has 0 saturated carbocycles. The number of nitrogens with two attached hydrogens (primary N) is 1. The van der Waals surface area contributed by atoms with Crippen molar-refractivity contribution in [3.05, 3.63) is 69.7 Å². The second kappa shape index (κ2) is 6.06. The van der Waals surface area contributed by atoms with Gasteiger partial charge in [0.15, 0.2) is 0 Å². The van der Waals surface area contributed by atoms with E-state index in [0.717, 1.165) is 37.3 Å². The Morgan fingerprint density at radius 2 is 1.76 bits per heavy atom. The summed E-state index contributed by atoms with van der Waals surface area (Å²) in [5.41, 5.74) is 6.70. The highest BCUT2D eigenvalue weighted by Gasteiger charge is 2.07. The van der Waals surface area contributed by atoms with Crippen LogP contribution in [0.15, 0.2) is 59.1 Å². The lowest BCUT2D eigenvalue weighted by Gasteiger charge is -2.11. The van der Waals surface area contributed by atoms with Gasteiger partial charge in [-0.25, -0.2) is 0 Å². The van der Waals surface area contributed by atoms with Crippen LogP contribution in [0.5, 0.6) is 11.5 Å². The maximum atomic E-state index is 6.22. The topological polar surface area (TPSA) is 35.2 Å². The lowest BCUT2D eigenvalue weighted by molar-refractivity contribution is 0.488. The number of fused-ring (bicyclic) bond motifs is 1. The number of hydrogen-bond donors (Lipinski definition) is 1. The monoisotopic (exact) mass is 361 g/mol. The van der Waals surface area contributed by atoms with Crippen LogP contribution < -0.4 is 10.5 Å². The highest BCUT2D eigenvalue weighted by molar-refractivity contribution is 9.10. The van der Waals surface area contributed by atoms with Crippen LogP contribution in [0.2, 0.25) is 5.02 Å². The Morgan fingerprint density at radius 3 is 2.48 bits per heavy atom. The summed E-state index contributed by atoms with van der Waals surface area (Å²) in [6.45, 7) is 0.491. The molecule has 0 bridgehead atoms. The van der Waals surface area contributed by atoms with E-state index < -0.39 is 0 Å². The molecule has 2 nitrogen and oxygen atoms in total. The molecule has 3 aromatic carbocycles. The summed E-state index contributed by atoms with van der Waals surface area (Å²) >= 11 is 9.72. The predicted octanol–water partition coefficient (Wildman–Crippen LogP) is 5.51. The molecule has 0 aliphatic rings. The Kier molecular flexibility index (Phi) is 4.15. The summed E-state index contributed by atoms with van der Waals surface area (Å²) in [5.74, 6) is 1.54. The van der Waals surface area contributed by atoms with Gasteiger partial charge in [0, 0.05) is 26.8 Å². The molecule has 3 rings (SSSR count). The van der Waals surface area contributed by atoms with Gasteiger partial charge in [-0.2, -0.15) is 0 Å². The van der Waals surface area contributed by atoms with Crippen LogP contribution in [0.25, 0.3) is 10.8 Å². The average Bonchev–Trinajstić information content (AvgIpc) is 2.51. The number of benzene rings is 3. The van der Waals surface area contributed by atoms with Crippen molar-refractivity contribution < 1.29 is 4.74 Å². The zero-order chi connectivity index (χ0) is 14.8. The van der Waals surface area contributed by atoms with Crippen molar-refractivity contribution in [1.82, 2.24) is 0 Å². The van der Waals surface area contributed by atoms with Gasteiger partial charge in [-0.15, -0.1) is 0 Å². The molecule has 2 N–H and O–H groups in total. The third-order valence-corrected chi connectivity index (χ3v) is 4.37. The zero-order valence-corrected chi connectivity index (χ0v) is 13.5. The maximum absolute atomic E-state index is 6.22. The van der Waals surface area contributed by atoms with Crippen molar-refractivity contribution in [3.8, 4) is 11.5 Å². The number of hydrogen-bond acceptors (Lipinski definition) is 2. The van der Waals surface area contributed by atoms with Gasteiger partial charge in [-0.05, 0) is 29.8 Å². The Labute approximate surface area is 136 Å². The highest BCUT2D eigenvalue weighted by Crippen LogP contribution is 2.35. The molecule has 0 saturated heterocycles. The smallest absolute Gasteiger partial charge is 0.135 e. The number of halogens is 2. The molecule has 0 unspecified atom stereocenters. The molecule has 0 heterocycles. The molecule has 0 aliphatic heterocycles. The van der Waals surface area contributed by atoms with Gasteiger partial charge in [-0.3, -0.25) is 0 Å². The first-order valence-corrected chi connectivity index (χ1v) is 7.70. The van der Waals surface area contributed by atoms with E-state index in [-0.39, 0.29) is 0 Å². The van der Waals surface area contributed by atoms with Crippen LogP contribution in [-0.2, 0) is 6.54 Å². The second-order valence-electron chi connectivity index (χ2n) is 4.65. The molecule has 4 heteroatoms. The quantitative estimate of drug-likeness (QED) is 0.667. The minimum Gasteiger partial charge on any atom is -0.457 e. The first-order valence-electron chi connectivity index (χ1n) is 6.52. The van der Waals surface area contributed by atoms with Crippen LogP contribution in [-0.4, -0.2) is 0 Å². The third-order valence-electron chi connectivity index (χ3n) is 3.30. The van der Waals surface area contributed by atoms with E-state index in [4.69, 9.17) is 22.1 Å². The van der Waals surface area contributed by atoms with Crippen LogP contribution >= 0.6 is 27.5 Å². The van der Waals surface area contributed by atoms with Gasteiger partial charge in [0.05, 0.1) is 0 Å². The predicted molar refractivity (Wildman–Crippen MR) is 91.1 cm³/mol.